The van der Waals surface area contributed by atoms with E-state index in [2.05, 4.69) is 37.3 Å². The molecule has 0 saturated heterocycles. The van der Waals surface area contributed by atoms with Gasteiger partial charge in [-0.3, -0.25) is 4.79 Å². The molecule has 2 aliphatic rings. The highest BCUT2D eigenvalue weighted by atomic mass is 16.5. The maximum Gasteiger partial charge on any atom is 0.251 e. The van der Waals surface area contributed by atoms with Gasteiger partial charge in [0.05, 0.1) is 18.9 Å². The van der Waals surface area contributed by atoms with E-state index in [-0.39, 0.29) is 11.8 Å². The minimum atomic E-state index is -0.804. The Morgan fingerprint density at radius 3 is 2.50 bits per heavy atom. The molecule has 2 aliphatic heterocycles. The Balaban J connectivity index is 1.53. The van der Waals surface area contributed by atoms with Gasteiger partial charge >= 0.3 is 0 Å². The summed E-state index contributed by atoms with van der Waals surface area (Å²) in [6, 6.07) is 23.3. The summed E-state index contributed by atoms with van der Waals surface area (Å²) in [4.78, 5) is 13.4. The first-order chi connectivity index (χ1) is 14.6. The van der Waals surface area contributed by atoms with Crippen molar-refractivity contribution < 1.29 is 14.3 Å². The lowest BCUT2D eigenvalue weighted by atomic mass is 9.95. The molecule has 2 unspecified atom stereocenters. The van der Waals surface area contributed by atoms with Gasteiger partial charge in [0.15, 0.2) is 0 Å². The SMILES string of the molecule is COc1ccc(C(=O)C2Oc3ccccc3C3CC(c4ccc(C)cc4)=NN23)cc1. The van der Waals surface area contributed by atoms with Crippen LogP contribution >= 0.6 is 0 Å². The van der Waals surface area contributed by atoms with E-state index < -0.39 is 6.23 Å². The average Bonchev–Trinajstić information content (AvgIpc) is 3.24. The van der Waals surface area contributed by atoms with E-state index in [1.165, 1.54) is 5.56 Å². The molecule has 5 heteroatoms. The van der Waals surface area contributed by atoms with Crippen molar-refractivity contribution in [2.75, 3.05) is 7.11 Å². The van der Waals surface area contributed by atoms with Gasteiger partial charge < -0.3 is 9.47 Å². The van der Waals surface area contributed by atoms with Crippen LogP contribution in [-0.4, -0.2) is 29.8 Å². The first kappa shape index (κ1) is 18.4. The largest absolute Gasteiger partial charge is 0.497 e. The van der Waals surface area contributed by atoms with Crippen molar-refractivity contribution in [3.8, 4) is 11.5 Å². The van der Waals surface area contributed by atoms with Gasteiger partial charge in [0.25, 0.3) is 6.23 Å². The molecule has 0 fully saturated rings. The third-order valence-electron chi connectivity index (χ3n) is 5.68. The lowest BCUT2D eigenvalue weighted by Crippen LogP contribution is -2.45. The number of carbonyl (C=O) groups excluding carboxylic acids is 1. The van der Waals surface area contributed by atoms with Gasteiger partial charge in [-0.15, -0.1) is 0 Å². The molecule has 5 rings (SSSR count). The minimum absolute atomic E-state index is 0.0292. The van der Waals surface area contributed by atoms with Crippen molar-refractivity contribution in [1.29, 1.82) is 0 Å². The molecule has 30 heavy (non-hydrogen) atoms. The van der Waals surface area contributed by atoms with E-state index in [0.29, 0.717) is 11.3 Å². The quantitative estimate of drug-likeness (QED) is 0.595. The Morgan fingerprint density at radius 1 is 1.03 bits per heavy atom. The number of hydrazone groups is 1. The zero-order valence-corrected chi connectivity index (χ0v) is 16.9. The molecule has 0 aliphatic carbocycles. The highest BCUT2D eigenvalue weighted by molar-refractivity contribution is 6.03. The maximum atomic E-state index is 13.4. The minimum Gasteiger partial charge on any atom is -0.497 e. The van der Waals surface area contributed by atoms with Gasteiger partial charge in [-0.25, -0.2) is 5.01 Å². The monoisotopic (exact) mass is 398 g/mol. The van der Waals surface area contributed by atoms with Crippen LogP contribution in [0.2, 0.25) is 0 Å². The molecule has 0 N–H and O–H groups in total. The Kier molecular flexibility index (Phi) is 4.51. The summed E-state index contributed by atoms with van der Waals surface area (Å²) < 4.78 is 11.4. The van der Waals surface area contributed by atoms with Crippen molar-refractivity contribution in [3.05, 3.63) is 95.1 Å². The molecular weight excluding hydrogens is 376 g/mol. The Labute approximate surface area is 175 Å². The van der Waals surface area contributed by atoms with Crippen LogP contribution in [0.25, 0.3) is 0 Å². The summed E-state index contributed by atoms with van der Waals surface area (Å²) in [5.74, 6) is 1.33. The highest BCUT2D eigenvalue weighted by Gasteiger charge is 2.43. The topological polar surface area (TPSA) is 51.1 Å². The fraction of sp³-hybridized carbons (Fsp3) is 0.200. The number of para-hydroxylation sites is 1. The molecule has 5 nitrogen and oxygen atoms in total. The van der Waals surface area contributed by atoms with E-state index in [0.717, 1.165) is 29.0 Å². The van der Waals surface area contributed by atoms with Crippen LogP contribution in [0, 0.1) is 6.92 Å². The zero-order valence-electron chi connectivity index (χ0n) is 16.9. The summed E-state index contributed by atoms with van der Waals surface area (Å²) in [6.45, 7) is 2.07. The van der Waals surface area contributed by atoms with E-state index in [1.807, 2.05) is 23.2 Å². The molecule has 0 bridgehead atoms. The van der Waals surface area contributed by atoms with Crippen LogP contribution in [0.4, 0.5) is 0 Å². The van der Waals surface area contributed by atoms with E-state index in [1.54, 1.807) is 31.4 Å². The molecule has 0 radical (unpaired) electrons. The summed E-state index contributed by atoms with van der Waals surface area (Å²) in [5, 5.41) is 6.67. The average molecular weight is 398 g/mol. The normalized spacial score (nSPS) is 19.4. The van der Waals surface area contributed by atoms with Gasteiger partial charge in [-0.2, -0.15) is 5.10 Å². The van der Waals surface area contributed by atoms with Crippen molar-refractivity contribution in [2.24, 2.45) is 5.10 Å². The third-order valence-corrected chi connectivity index (χ3v) is 5.68. The second-order valence-corrected chi connectivity index (χ2v) is 7.61. The Hall–Kier alpha value is -3.60. The van der Waals surface area contributed by atoms with Crippen molar-refractivity contribution in [3.63, 3.8) is 0 Å². The molecule has 3 aromatic carbocycles. The number of aryl methyl sites for hydroxylation is 1. The predicted molar refractivity (Wildman–Crippen MR) is 115 cm³/mol. The van der Waals surface area contributed by atoms with Gasteiger partial charge in [0.1, 0.15) is 11.5 Å². The molecule has 150 valence electrons. The zero-order chi connectivity index (χ0) is 20.7. The van der Waals surface area contributed by atoms with Crippen LogP contribution in [0.3, 0.4) is 0 Å². The number of hydrogen-bond donors (Lipinski definition) is 0. The van der Waals surface area contributed by atoms with Gasteiger partial charge in [0.2, 0.25) is 5.78 Å². The number of benzene rings is 3. The predicted octanol–water partition coefficient (Wildman–Crippen LogP) is 4.76. The highest BCUT2D eigenvalue weighted by Crippen LogP contribution is 2.43. The first-order valence-corrected chi connectivity index (χ1v) is 10.0. The number of rotatable bonds is 4. The van der Waals surface area contributed by atoms with Crippen molar-refractivity contribution in [1.82, 2.24) is 5.01 Å². The molecular formula is C25H22N2O3. The second kappa shape index (κ2) is 7.34. The lowest BCUT2D eigenvalue weighted by molar-refractivity contribution is -0.00455. The van der Waals surface area contributed by atoms with Crippen LogP contribution in [-0.2, 0) is 0 Å². The van der Waals surface area contributed by atoms with Crippen LogP contribution in [0.5, 0.6) is 11.5 Å². The van der Waals surface area contributed by atoms with Gasteiger partial charge in [0, 0.05) is 17.5 Å². The lowest BCUT2D eigenvalue weighted by Gasteiger charge is -2.37. The number of hydrogen-bond acceptors (Lipinski definition) is 5. The number of ether oxygens (including phenoxy) is 2. The standard InChI is InChI=1S/C25H22N2O3/c1-16-7-9-17(10-8-16)21-15-22-20-5-3-4-6-23(20)30-25(27(22)26-21)24(28)18-11-13-19(29-2)14-12-18/h3-14,22,25H,15H2,1-2H3. The van der Waals surface area contributed by atoms with Crippen LogP contribution < -0.4 is 9.47 Å². The van der Waals surface area contributed by atoms with Crippen molar-refractivity contribution >= 4 is 11.5 Å². The molecule has 0 aromatic heterocycles. The van der Waals surface area contributed by atoms with E-state index in [9.17, 15) is 4.79 Å². The number of carbonyl (C=O) groups is 1. The molecule has 3 aromatic rings. The van der Waals surface area contributed by atoms with Crippen LogP contribution in [0.1, 0.15) is 39.5 Å². The van der Waals surface area contributed by atoms with Gasteiger partial charge in [-0.05, 0) is 42.8 Å². The van der Waals surface area contributed by atoms with E-state index in [4.69, 9.17) is 14.6 Å². The van der Waals surface area contributed by atoms with E-state index >= 15 is 0 Å². The second-order valence-electron chi connectivity index (χ2n) is 7.61. The number of Topliss-reactive ketones (excluding diaryl/α,β-unsaturated/α-hetero) is 1. The summed E-state index contributed by atoms with van der Waals surface area (Å²) in [5.41, 5.74) is 4.87. The Morgan fingerprint density at radius 2 is 1.77 bits per heavy atom. The third kappa shape index (κ3) is 3.12. The smallest absolute Gasteiger partial charge is 0.251 e. The molecule has 2 atom stereocenters. The summed E-state index contributed by atoms with van der Waals surface area (Å²) in [7, 11) is 1.61. The number of nitrogens with zero attached hydrogens (tertiary/aromatic N) is 2. The fourth-order valence-electron chi connectivity index (χ4n) is 4.03. The maximum absolute atomic E-state index is 13.4. The first-order valence-electron chi connectivity index (χ1n) is 10.0. The van der Waals surface area contributed by atoms with Crippen LogP contribution in [0.15, 0.2) is 77.9 Å². The number of ketones is 1. The summed E-state index contributed by atoms with van der Waals surface area (Å²) >= 11 is 0. The molecule has 0 spiro atoms. The van der Waals surface area contributed by atoms with Crippen molar-refractivity contribution in [2.45, 2.75) is 25.6 Å². The summed E-state index contributed by atoms with van der Waals surface area (Å²) in [6.07, 6.45) is -0.0724. The molecule has 0 amide bonds. The molecule has 0 saturated carbocycles. The number of methoxy groups -OCH3 is 1. The molecule has 2 heterocycles. The Bertz CT molecular complexity index is 1120. The number of fused-ring (bicyclic) bond motifs is 3. The van der Waals surface area contributed by atoms with Gasteiger partial charge in [-0.1, -0.05) is 48.0 Å². The fourth-order valence-corrected chi connectivity index (χ4v) is 4.03.